The van der Waals surface area contributed by atoms with Crippen molar-refractivity contribution >= 4 is 5.91 Å². The molecule has 1 aromatic rings. The quantitative estimate of drug-likeness (QED) is 0.715. The van der Waals surface area contributed by atoms with Gasteiger partial charge in [-0.15, -0.1) is 0 Å². The van der Waals surface area contributed by atoms with E-state index in [1.165, 1.54) is 7.11 Å². The zero-order valence-corrected chi connectivity index (χ0v) is 10.9. The molecule has 0 heterocycles. The Morgan fingerprint density at radius 1 is 1.50 bits per heavy atom. The molecule has 0 aliphatic carbocycles. The third-order valence-corrected chi connectivity index (χ3v) is 2.54. The first-order valence-corrected chi connectivity index (χ1v) is 5.74. The zero-order valence-electron chi connectivity index (χ0n) is 10.9. The highest BCUT2D eigenvalue weighted by Gasteiger charge is 2.22. The molecule has 0 aromatic heterocycles. The van der Waals surface area contributed by atoms with Crippen LogP contribution >= 0.6 is 0 Å². The minimum absolute atomic E-state index is 0.0971. The first kappa shape index (κ1) is 14.5. The number of hydrogen-bond acceptors (Lipinski definition) is 4. The van der Waals surface area contributed by atoms with Crippen molar-refractivity contribution in [2.75, 3.05) is 13.7 Å². The van der Waals surface area contributed by atoms with Crippen LogP contribution in [-0.4, -0.2) is 30.2 Å². The van der Waals surface area contributed by atoms with E-state index in [0.29, 0.717) is 11.3 Å². The third kappa shape index (κ3) is 3.72. The van der Waals surface area contributed by atoms with Gasteiger partial charge in [0.25, 0.3) is 0 Å². The summed E-state index contributed by atoms with van der Waals surface area (Å²) in [7, 11) is 1.53. The number of rotatable bonds is 5. The van der Waals surface area contributed by atoms with E-state index >= 15 is 0 Å². The Kier molecular flexibility index (Phi) is 4.69. The summed E-state index contributed by atoms with van der Waals surface area (Å²) in [5, 5.41) is 12.6. The van der Waals surface area contributed by atoms with E-state index in [-0.39, 0.29) is 12.5 Å². The zero-order chi connectivity index (χ0) is 13.8. The maximum atomic E-state index is 11.6. The topological polar surface area (TPSA) is 84.6 Å². The van der Waals surface area contributed by atoms with Crippen LogP contribution in [0.1, 0.15) is 25.5 Å². The van der Waals surface area contributed by atoms with Gasteiger partial charge in [0.2, 0.25) is 5.91 Å². The van der Waals surface area contributed by atoms with Crippen molar-refractivity contribution in [3.05, 3.63) is 29.8 Å². The van der Waals surface area contributed by atoms with Gasteiger partial charge in [-0.3, -0.25) is 4.79 Å². The second-order valence-corrected chi connectivity index (χ2v) is 4.69. The molecule has 1 rings (SSSR count). The van der Waals surface area contributed by atoms with Crippen LogP contribution in [0.15, 0.2) is 24.3 Å². The molecule has 0 spiro atoms. The highest BCUT2D eigenvalue weighted by molar-refractivity contribution is 5.85. The SMILES string of the molecule is COc1ccccc1C(O)CNC(=O)C(C)(C)N. The summed E-state index contributed by atoms with van der Waals surface area (Å²) in [5.74, 6) is 0.280. The molecule has 0 fully saturated rings. The molecule has 5 nitrogen and oxygen atoms in total. The van der Waals surface area contributed by atoms with Crippen molar-refractivity contribution in [3.8, 4) is 5.75 Å². The lowest BCUT2D eigenvalue weighted by molar-refractivity contribution is -0.125. The maximum absolute atomic E-state index is 11.6. The molecule has 0 bridgehead atoms. The second kappa shape index (κ2) is 5.84. The van der Waals surface area contributed by atoms with Crippen LogP contribution in [0.5, 0.6) is 5.75 Å². The fourth-order valence-electron chi connectivity index (χ4n) is 1.47. The number of aliphatic hydroxyl groups excluding tert-OH is 1. The number of hydrogen-bond donors (Lipinski definition) is 3. The molecule has 1 unspecified atom stereocenters. The first-order valence-electron chi connectivity index (χ1n) is 5.74. The number of amides is 1. The fourth-order valence-corrected chi connectivity index (χ4v) is 1.47. The van der Waals surface area contributed by atoms with Gasteiger partial charge in [0, 0.05) is 12.1 Å². The van der Waals surface area contributed by atoms with E-state index in [1.807, 2.05) is 6.07 Å². The Morgan fingerprint density at radius 2 is 2.11 bits per heavy atom. The van der Waals surface area contributed by atoms with Gasteiger partial charge in [-0.05, 0) is 19.9 Å². The van der Waals surface area contributed by atoms with E-state index in [2.05, 4.69) is 5.32 Å². The minimum atomic E-state index is -0.958. The van der Waals surface area contributed by atoms with E-state index < -0.39 is 11.6 Å². The Balaban J connectivity index is 2.66. The van der Waals surface area contributed by atoms with Gasteiger partial charge in [0.05, 0.1) is 18.8 Å². The number of aliphatic hydroxyl groups is 1. The molecular weight excluding hydrogens is 232 g/mol. The standard InChI is InChI=1S/C13H20N2O3/c1-13(2,14)12(17)15-8-10(16)9-6-4-5-7-11(9)18-3/h4-7,10,16H,8,14H2,1-3H3,(H,15,17). The molecule has 1 aromatic carbocycles. The first-order chi connectivity index (χ1) is 8.36. The monoisotopic (exact) mass is 252 g/mol. The van der Waals surface area contributed by atoms with Gasteiger partial charge in [-0.1, -0.05) is 18.2 Å². The van der Waals surface area contributed by atoms with Crippen LogP contribution in [0.25, 0.3) is 0 Å². The molecule has 5 heteroatoms. The number of carbonyl (C=O) groups excluding carboxylic acids is 1. The lowest BCUT2D eigenvalue weighted by Crippen LogP contribution is -2.49. The summed E-state index contributed by atoms with van der Waals surface area (Å²) < 4.78 is 5.14. The molecule has 0 saturated heterocycles. The molecule has 0 saturated carbocycles. The average Bonchev–Trinajstić information content (AvgIpc) is 2.34. The summed E-state index contributed by atoms with van der Waals surface area (Å²) in [6, 6.07) is 7.13. The molecule has 100 valence electrons. The molecule has 0 radical (unpaired) electrons. The maximum Gasteiger partial charge on any atom is 0.239 e. The smallest absolute Gasteiger partial charge is 0.239 e. The highest BCUT2D eigenvalue weighted by atomic mass is 16.5. The summed E-state index contributed by atoms with van der Waals surface area (Å²) in [6.45, 7) is 3.31. The number of ether oxygens (including phenoxy) is 1. The minimum Gasteiger partial charge on any atom is -0.496 e. The largest absolute Gasteiger partial charge is 0.496 e. The Bertz CT molecular complexity index is 413. The van der Waals surface area contributed by atoms with Gasteiger partial charge >= 0.3 is 0 Å². The predicted octanol–water partition coefficient (Wildman–Crippen LogP) is 0.582. The molecule has 1 amide bonds. The van der Waals surface area contributed by atoms with Crippen molar-refractivity contribution in [2.24, 2.45) is 5.73 Å². The third-order valence-electron chi connectivity index (χ3n) is 2.54. The van der Waals surface area contributed by atoms with E-state index in [4.69, 9.17) is 10.5 Å². The van der Waals surface area contributed by atoms with Gasteiger partial charge in [-0.25, -0.2) is 0 Å². The van der Waals surface area contributed by atoms with E-state index in [1.54, 1.807) is 32.0 Å². The van der Waals surface area contributed by atoms with Crippen LogP contribution in [0, 0.1) is 0 Å². The number of nitrogens with two attached hydrogens (primary N) is 1. The Labute approximate surface area is 107 Å². The highest BCUT2D eigenvalue weighted by Crippen LogP contribution is 2.24. The number of para-hydroxylation sites is 1. The summed E-state index contributed by atoms with van der Waals surface area (Å²) in [4.78, 5) is 11.6. The van der Waals surface area contributed by atoms with Gasteiger partial charge in [-0.2, -0.15) is 0 Å². The normalized spacial score (nSPS) is 12.9. The fraction of sp³-hybridized carbons (Fsp3) is 0.462. The van der Waals surface area contributed by atoms with Crippen molar-refractivity contribution in [2.45, 2.75) is 25.5 Å². The van der Waals surface area contributed by atoms with Gasteiger partial charge in [0.15, 0.2) is 0 Å². The van der Waals surface area contributed by atoms with Crippen molar-refractivity contribution in [1.29, 1.82) is 0 Å². The Morgan fingerprint density at radius 3 is 2.67 bits per heavy atom. The average molecular weight is 252 g/mol. The van der Waals surface area contributed by atoms with E-state index in [9.17, 15) is 9.90 Å². The van der Waals surface area contributed by atoms with Gasteiger partial charge in [0.1, 0.15) is 5.75 Å². The number of carbonyl (C=O) groups is 1. The second-order valence-electron chi connectivity index (χ2n) is 4.69. The number of methoxy groups -OCH3 is 1. The van der Waals surface area contributed by atoms with Crippen LogP contribution < -0.4 is 15.8 Å². The van der Waals surface area contributed by atoms with E-state index in [0.717, 1.165) is 0 Å². The van der Waals surface area contributed by atoms with Gasteiger partial charge < -0.3 is 20.9 Å². The predicted molar refractivity (Wildman–Crippen MR) is 69.2 cm³/mol. The molecule has 18 heavy (non-hydrogen) atoms. The summed E-state index contributed by atoms with van der Waals surface area (Å²) >= 11 is 0. The molecule has 4 N–H and O–H groups in total. The van der Waals surface area contributed by atoms with Crippen molar-refractivity contribution in [3.63, 3.8) is 0 Å². The number of benzene rings is 1. The molecular formula is C13H20N2O3. The van der Waals surface area contributed by atoms with Crippen molar-refractivity contribution < 1.29 is 14.6 Å². The summed E-state index contributed by atoms with van der Waals surface area (Å²) in [5.41, 5.74) is 5.32. The van der Waals surface area contributed by atoms with Crippen LogP contribution in [-0.2, 0) is 4.79 Å². The summed E-state index contributed by atoms with van der Waals surface area (Å²) in [6.07, 6.45) is -0.826. The number of nitrogens with one attached hydrogen (secondary N) is 1. The van der Waals surface area contributed by atoms with Crippen LogP contribution in [0.4, 0.5) is 0 Å². The molecule has 0 aliphatic rings. The lowest BCUT2D eigenvalue weighted by Gasteiger charge is -2.20. The van der Waals surface area contributed by atoms with Crippen molar-refractivity contribution in [1.82, 2.24) is 5.32 Å². The molecule has 0 aliphatic heterocycles. The van der Waals surface area contributed by atoms with Crippen LogP contribution in [0.3, 0.4) is 0 Å². The molecule has 1 atom stereocenters. The van der Waals surface area contributed by atoms with Crippen LogP contribution in [0.2, 0.25) is 0 Å². The Hall–Kier alpha value is -1.59. The lowest BCUT2D eigenvalue weighted by atomic mass is 10.1.